The Balaban J connectivity index is 1.59. The van der Waals surface area contributed by atoms with E-state index in [9.17, 15) is 14.0 Å². The van der Waals surface area contributed by atoms with Gasteiger partial charge in [0.05, 0.1) is 0 Å². The van der Waals surface area contributed by atoms with Gasteiger partial charge in [-0.3, -0.25) is 9.59 Å². The molecule has 0 aliphatic carbocycles. The molecule has 1 aliphatic rings. The van der Waals surface area contributed by atoms with Crippen LogP contribution in [0.3, 0.4) is 0 Å². The molecule has 0 bridgehead atoms. The summed E-state index contributed by atoms with van der Waals surface area (Å²) in [6.45, 7) is 6.37. The van der Waals surface area contributed by atoms with Gasteiger partial charge < -0.3 is 9.64 Å². The number of Topliss-reactive ketones (excluding diaryl/α,β-unsaturated/α-hetero) is 1. The van der Waals surface area contributed by atoms with Crippen molar-refractivity contribution in [3.05, 3.63) is 71.5 Å². The van der Waals surface area contributed by atoms with E-state index in [1.807, 2.05) is 37.3 Å². The third-order valence-corrected chi connectivity index (χ3v) is 6.02. The fraction of sp³-hybridized carbons (Fsp3) is 0.440. The van der Waals surface area contributed by atoms with Gasteiger partial charge in [-0.15, -0.1) is 0 Å². The molecule has 1 heterocycles. The van der Waals surface area contributed by atoms with Crippen molar-refractivity contribution < 1.29 is 18.7 Å². The van der Waals surface area contributed by atoms with Crippen LogP contribution < -0.4 is 0 Å². The van der Waals surface area contributed by atoms with Gasteiger partial charge in [0.1, 0.15) is 11.4 Å². The first-order chi connectivity index (χ1) is 14.4. The van der Waals surface area contributed by atoms with Crippen LogP contribution in [0, 0.1) is 11.7 Å². The van der Waals surface area contributed by atoms with Gasteiger partial charge in [0.15, 0.2) is 5.78 Å². The van der Waals surface area contributed by atoms with E-state index >= 15 is 0 Å². The molecule has 2 aromatic rings. The lowest BCUT2D eigenvalue weighted by molar-refractivity contribution is -0.175. The Bertz CT molecular complexity index is 852. The summed E-state index contributed by atoms with van der Waals surface area (Å²) < 4.78 is 19.1. The summed E-state index contributed by atoms with van der Waals surface area (Å²) in [7, 11) is 0. The first kappa shape index (κ1) is 22.2. The number of esters is 1. The highest BCUT2D eigenvalue weighted by atomic mass is 19.1. The molecule has 1 unspecified atom stereocenters. The van der Waals surface area contributed by atoms with Gasteiger partial charge >= 0.3 is 5.97 Å². The maximum atomic E-state index is 13.0. The largest absolute Gasteiger partial charge is 0.454 e. The van der Waals surface area contributed by atoms with E-state index in [-0.39, 0.29) is 23.5 Å². The van der Waals surface area contributed by atoms with E-state index in [4.69, 9.17) is 4.74 Å². The number of piperidine rings is 1. The van der Waals surface area contributed by atoms with Gasteiger partial charge in [-0.1, -0.05) is 44.2 Å². The Morgan fingerprint density at radius 3 is 2.47 bits per heavy atom. The van der Waals surface area contributed by atoms with Crippen LogP contribution in [0.15, 0.2) is 54.6 Å². The minimum atomic E-state index is -0.602. The molecule has 0 radical (unpaired) electrons. The van der Waals surface area contributed by atoms with Crippen molar-refractivity contribution in [1.29, 1.82) is 0 Å². The van der Waals surface area contributed by atoms with E-state index < -0.39 is 5.60 Å². The van der Waals surface area contributed by atoms with Gasteiger partial charge in [-0.2, -0.15) is 0 Å². The molecule has 0 saturated carbocycles. The number of ketones is 1. The summed E-state index contributed by atoms with van der Waals surface area (Å²) in [6.07, 6.45) is 2.27. The van der Waals surface area contributed by atoms with Gasteiger partial charge in [0, 0.05) is 43.8 Å². The number of likely N-dealkylation sites (tertiary alicyclic amines) is 1. The first-order valence-electron chi connectivity index (χ1n) is 10.7. The van der Waals surface area contributed by atoms with Gasteiger partial charge in [0.2, 0.25) is 0 Å². The van der Waals surface area contributed by atoms with E-state index in [2.05, 4.69) is 11.8 Å². The van der Waals surface area contributed by atoms with Gasteiger partial charge in [0.25, 0.3) is 0 Å². The SMILES string of the molecule is CCC(=O)OC1(c2ccccc2)CCN(CCCC(=O)c2ccc(F)cc2)C[C@@H]1C. The van der Waals surface area contributed by atoms with E-state index in [1.54, 1.807) is 0 Å². The van der Waals surface area contributed by atoms with Crippen molar-refractivity contribution in [2.75, 3.05) is 19.6 Å². The lowest BCUT2D eigenvalue weighted by atomic mass is 9.76. The zero-order chi connectivity index (χ0) is 21.6. The predicted molar refractivity (Wildman–Crippen MR) is 115 cm³/mol. The van der Waals surface area contributed by atoms with Crippen LogP contribution in [-0.4, -0.2) is 36.3 Å². The van der Waals surface area contributed by atoms with Gasteiger partial charge in [-0.05, 0) is 42.8 Å². The third kappa shape index (κ3) is 5.14. The topological polar surface area (TPSA) is 46.6 Å². The van der Waals surface area contributed by atoms with Crippen LogP contribution >= 0.6 is 0 Å². The van der Waals surface area contributed by atoms with Crippen molar-refractivity contribution >= 4 is 11.8 Å². The Morgan fingerprint density at radius 1 is 1.13 bits per heavy atom. The molecule has 3 rings (SSSR count). The maximum Gasteiger partial charge on any atom is 0.306 e. The normalized spacial score (nSPS) is 21.9. The number of carbonyl (C=O) groups is 2. The summed E-state index contributed by atoms with van der Waals surface area (Å²) in [4.78, 5) is 26.8. The molecule has 2 aromatic carbocycles. The zero-order valence-electron chi connectivity index (χ0n) is 17.8. The molecule has 2 atom stereocenters. The van der Waals surface area contributed by atoms with Crippen LogP contribution in [0.5, 0.6) is 0 Å². The van der Waals surface area contributed by atoms with Crippen molar-refractivity contribution in [3.8, 4) is 0 Å². The number of hydrogen-bond donors (Lipinski definition) is 0. The fourth-order valence-corrected chi connectivity index (χ4v) is 4.28. The quantitative estimate of drug-likeness (QED) is 0.454. The number of hydrogen-bond acceptors (Lipinski definition) is 4. The third-order valence-electron chi connectivity index (χ3n) is 6.02. The summed E-state index contributed by atoms with van der Waals surface area (Å²) >= 11 is 0. The predicted octanol–water partition coefficient (Wildman–Crippen LogP) is 4.98. The minimum absolute atomic E-state index is 0.0376. The zero-order valence-corrected chi connectivity index (χ0v) is 17.8. The van der Waals surface area contributed by atoms with Crippen LogP contribution in [-0.2, 0) is 15.1 Å². The van der Waals surface area contributed by atoms with Crippen molar-refractivity contribution in [2.24, 2.45) is 5.92 Å². The van der Waals surface area contributed by atoms with E-state index in [0.717, 1.165) is 38.0 Å². The summed E-state index contributed by atoms with van der Waals surface area (Å²) in [5.74, 6) is -0.337. The van der Waals surface area contributed by atoms with Crippen molar-refractivity contribution in [1.82, 2.24) is 4.90 Å². The molecule has 0 amide bonds. The van der Waals surface area contributed by atoms with Crippen LogP contribution in [0.2, 0.25) is 0 Å². The maximum absolute atomic E-state index is 13.0. The molecular formula is C25H30FNO3. The van der Waals surface area contributed by atoms with Gasteiger partial charge in [-0.25, -0.2) is 4.39 Å². The highest BCUT2D eigenvalue weighted by Crippen LogP contribution is 2.41. The van der Waals surface area contributed by atoms with Crippen LogP contribution in [0.25, 0.3) is 0 Å². The Hall–Kier alpha value is -2.53. The van der Waals surface area contributed by atoms with Crippen LogP contribution in [0.4, 0.5) is 4.39 Å². The first-order valence-corrected chi connectivity index (χ1v) is 10.7. The second-order valence-electron chi connectivity index (χ2n) is 8.07. The average Bonchev–Trinajstić information content (AvgIpc) is 2.76. The molecule has 5 heteroatoms. The minimum Gasteiger partial charge on any atom is -0.454 e. The average molecular weight is 412 g/mol. The number of halogens is 1. The lowest BCUT2D eigenvalue weighted by Crippen LogP contribution is -2.51. The molecule has 0 spiro atoms. The van der Waals surface area contributed by atoms with Crippen LogP contribution in [0.1, 0.15) is 55.5 Å². The number of benzene rings is 2. The molecule has 4 nitrogen and oxygen atoms in total. The molecule has 160 valence electrons. The Morgan fingerprint density at radius 2 is 1.83 bits per heavy atom. The molecule has 0 aromatic heterocycles. The van der Waals surface area contributed by atoms with E-state index in [0.29, 0.717) is 18.4 Å². The number of ether oxygens (including phenoxy) is 1. The second-order valence-corrected chi connectivity index (χ2v) is 8.07. The molecule has 0 N–H and O–H groups in total. The smallest absolute Gasteiger partial charge is 0.306 e. The number of nitrogens with zero attached hydrogens (tertiary/aromatic N) is 1. The highest BCUT2D eigenvalue weighted by Gasteiger charge is 2.45. The summed E-state index contributed by atoms with van der Waals surface area (Å²) in [6, 6.07) is 15.7. The molecule has 30 heavy (non-hydrogen) atoms. The van der Waals surface area contributed by atoms with Crippen molar-refractivity contribution in [3.63, 3.8) is 0 Å². The number of rotatable bonds is 8. The standard InChI is InChI=1S/C25H30FNO3/c1-3-24(29)30-25(21-8-5-4-6-9-21)15-17-27(18-19(25)2)16-7-10-23(28)20-11-13-22(26)14-12-20/h4-6,8-9,11-14,19H,3,7,10,15-18H2,1-2H3/t19-,25?/m0/s1. The van der Waals surface area contributed by atoms with Crippen molar-refractivity contribution in [2.45, 2.75) is 45.1 Å². The van der Waals surface area contributed by atoms with E-state index in [1.165, 1.54) is 24.3 Å². The summed E-state index contributed by atoms with van der Waals surface area (Å²) in [5, 5.41) is 0. The summed E-state index contributed by atoms with van der Waals surface area (Å²) in [5.41, 5.74) is 0.998. The molecule has 1 aliphatic heterocycles. The number of carbonyl (C=O) groups excluding carboxylic acids is 2. The monoisotopic (exact) mass is 411 g/mol. The molecular weight excluding hydrogens is 381 g/mol. The fourth-order valence-electron chi connectivity index (χ4n) is 4.28. The molecule has 1 fully saturated rings. The lowest BCUT2D eigenvalue weighted by Gasteiger charge is -2.46. The Labute approximate surface area is 178 Å². The highest BCUT2D eigenvalue weighted by molar-refractivity contribution is 5.95. The second kappa shape index (κ2) is 9.98. The molecule has 1 saturated heterocycles. The Kier molecular flexibility index (Phi) is 7.38.